The molecule has 0 unspecified atom stereocenters. The third kappa shape index (κ3) is 3.14. The molecule has 0 aromatic heterocycles. The highest BCUT2D eigenvalue weighted by atomic mass is 32.2. The minimum Gasteiger partial charge on any atom is -0.269 e. The van der Waals surface area contributed by atoms with E-state index in [1.165, 1.54) is 21.7 Å². The van der Waals surface area contributed by atoms with Gasteiger partial charge in [-0.05, 0) is 47.5 Å². The van der Waals surface area contributed by atoms with E-state index in [0.717, 1.165) is 17.3 Å². The molecule has 3 heteroatoms. The average Bonchev–Trinajstić information content (AvgIpc) is 3.20. The van der Waals surface area contributed by atoms with E-state index >= 15 is 0 Å². The number of para-hydroxylation sites is 2. The minimum absolute atomic E-state index is 0.897. The Hall–Kier alpha value is -3.17. The molecule has 5 rings (SSSR count). The second-order valence-electron chi connectivity index (χ2n) is 6.70. The Balaban J connectivity index is 1.56. The van der Waals surface area contributed by atoms with Crippen LogP contribution < -0.4 is 10.0 Å². The van der Waals surface area contributed by atoms with Gasteiger partial charge in [-0.25, -0.2) is 0 Å². The third-order valence-electron chi connectivity index (χ3n) is 4.95. The van der Waals surface area contributed by atoms with Gasteiger partial charge in [0.15, 0.2) is 0 Å². The molecule has 1 heterocycles. The maximum absolute atomic E-state index is 2.35. The first-order valence-electron chi connectivity index (χ1n) is 9.40. The summed E-state index contributed by atoms with van der Waals surface area (Å²) in [5.41, 5.74) is 6.04. The van der Waals surface area contributed by atoms with Crippen molar-refractivity contribution in [1.29, 1.82) is 0 Å². The summed E-state index contributed by atoms with van der Waals surface area (Å²) in [5, 5.41) is 4.67. The number of rotatable bonds is 4. The molecule has 0 spiro atoms. The summed E-state index contributed by atoms with van der Waals surface area (Å²) >= 11 is 1.88. The lowest BCUT2D eigenvalue weighted by Gasteiger charge is -2.35. The summed E-state index contributed by atoms with van der Waals surface area (Å²) in [6.45, 7) is 0. The topological polar surface area (TPSA) is 6.48 Å². The Morgan fingerprint density at radius 2 is 1.14 bits per heavy atom. The first kappa shape index (κ1) is 17.0. The van der Waals surface area contributed by atoms with Crippen molar-refractivity contribution in [3.8, 4) is 11.1 Å². The first-order valence-corrected chi connectivity index (χ1v) is 10.4. The van der Waals surface area contributed by atoms with Gasteiger partial charge in [0.1, 0.15) is 0 Å². The van der Waals surface area contributed by atoms with Crippen molar-refractivity contribution in [2.75, 3.05) is 15.9 Å². The Bertz CT molecular complexity index is 1060. The summed E-state index contributed by atoms with van der Waals surface area (Å²) in [5.74, 6) is 0.897. The molecule has 136 valence electrons. The largest absolute Gasteiger partial charge is 0.269 e. The molecular formula is C25H20N2S. The van der Waals surface area contributed by atoms with Crippen LogP contribution in [0.25, 0.3) is 11.1 Å². The van der Waals surface area contributed by atoms with Crippen molar-refractivity contribution in [3.63, 3.8) is 0 Å². The van der Waals surface area contributed by atoms with Crippen molar-refractivity contribution < 1.29 is 0 Å². The van der Waals surface area contributed by atoms with Crippen LogP contribution in [0.4, 0.5) is 17.1 Å². The van der Waals surface area contributed by atoms with E-state index in [4.69, 9.17) is 0 Å². The number of anilines is 3. The Kier molecular flexibility index (Phi) is 4.51. The summed E-state index contributed by atoms with van der Waals surface area (Å²) in [7, 11) is 0. The zero-order valence-electron chi connectivity index (χ0n) is 15.4. The number of hydrogen-bond acceptors (Lipinski definition) is 3. The lowest BCUT2D eigenvalue weighted by molar-refractivity contribution is 0.922. The molecule has 4 aromatic carbocycles. The van der Waals surface area contributed by atoms with Crippen LogP contribution >= 0.6 is 11.8 Å². The van der Waals surface area contributed by atoms with E-state index < -0.39 is 0 Å². The van der Waals surface area contributed by atoms with Gasteiger partial charge in [0.05, 0.1) is 22.9 Å². The van der Waals surface area contributed by atoms with Crippen LogP contribution in [0.5, 0.6) is 0 Å². The Labute approximate surface area is 170 Å². The Morgan fingerprint density at radius 3 is 1.89 bits per heavy atom. The molecule has 0 bridgehead atoms. The number of nitrogens with zero attached hydrogens (tertiary/aromatic N) is 2. The molecule has 28 heavy (non-hydrogen) atoms. The number of fused-ring (bicyclic) bond motifs is 1. The molecule has 0 saturated heterocycles. The lowest BCUT2D eigenvalue weighted by Crippen LogP contribution is -2.37. The van der Waals surface area contributed by atoms with Gasteiger partial charge >= 0.3 is 0 Å². The van der Waals surface area contributed by atoms with Crippen molar-refractivity contribution in [1.82, 2.24) is 0 Å². The van der Waals surface area contributed by atoms with E-state index in [1.807, 2.05) is 11.8 Å². The molecule has 1 aliphatic rings. The van der Waals surface area contributed by atoms with Gasteiger partial charge in [0.2, 0.25) is 0 Å². The maximum atomic E-state index is 2.35. The van der Waals surface area contributed by atoms with E-state index in [1.54, 1.807) is 0 Å². The van der Waals surface area contributed by atoms with Gasteiger partial charge in [0, 0.05) is 4.90 Å². The van der Waals surface area contributed by atoms with Crippen LogP contribution in [0.1, 0.15) is 0 Å². The molecule has 0 saturated carbocycles. The van der Waals surface area contributed by atoms with Crippen molar-refractivity contribution in [2.45, 2.75) is 4.90 Å². The van der Waals surface area contributed by atoms with Gasteiger partial charge in [-0.3, -0.25) is 10.0 Å². The average molecular weight is 381 g/mol. The summed E-state index contributed by atoms with van der Waals surface area (Å²) in [6.07, 6.45) is 0. The van der Waals surface area contributed by atoms with Crippen LogP contribution in [-0.4, -0.2) is 5.88 Å². The van der Waals surface area contributed by atoms with E-state index in [9.17, 15) is 0 Å². The maximum Gasteiger partial charge on any atom is 0.0902 e. The highest BCUT2D eigenvalue weighted by Gasteiger charge is 2.26. The molecule has 4 aromatic rings. The molecular weight excluding hydrogens is 360 g/mol. The first-order chi connectivity index (χ1) is 13.9. The van der Waals surface area contributed by atoms with Crippen molar-refractivity contribution >= 4 is 28.8 Å². The molecule has 0 fully saturated rings. The second kappa shape index (κ2) is 7.45. The summed E-state index contributed by atoms with van der Waals surface area (Å²) in [4.78, 5) is 1.32. The predicted molar refractivity (Wildman–Crippen MR) is 120 cm³/mol. The van der Waals surface area contributed by atoms with Crippen LogP contribution in [-0.2, 0) is 0 Å². The lowest BCUT2D eigenvalue weighted by atomic mass is 10.1. The van der Waals surface area contributed by atoms with Gasteiger partial charge in [-0.1, -0.05) is 72.8 Å². The summed E-state index contributed by atoms with van der Waals surface area (Å²) in [6, 6.07) is 38.5. The molecule has 1 aliphatic heterocycles. The molecule has 0 aliphatic carbocycles. The normalized spacial score (nSPS) is 12.6. The summed E-state index contributed by atoms with van der Waals surface area (Å²) < 4.78 is 0. The number of hydrogen-bond donors (Lipinski definition) is 0. The van der Waals surface area contributed by atoms with E-state index in [2.05, 4.69) is 119 Å². The second-order valence-corrected chi connectivity index (χ2v) is 7.69. The highest BCUT2D eigenvalue weighted by Crippen LogP contribution is 2.42. The van der Waals surface area contributed by atoms with E-state index in [-0.39, 0.29) is 0 Å². The van der Waals surface area contributed by atoms with Crippen LogP contribution in [0.3, 0.4) is 0 Å². The predicted octanol–water partition coefficient (Wildman–Crippen LogP) is 6.98. The fraction of sp³-hybridized carbons (Fsp3) is 0.0400. The molecule has 0 amide bonds. The molecule has 0 N–H and O–H groups in total. The number of benzene rings is 4. The zero-order valence-corrected chi connectivity index (χ0v) is 16.2. The quantitative estimate of drug-likeness (QED) is 0.377. The van der Waals surface area contributed by atoms with Crippen LogP contribution in [0.15, 0.2) is 114 Å². The smallest absolute Gasteiger partial charge is 0.0902 e. The molecule has 0 radical (unpaired) electrons. The van der Waals surface area contributed by atoms with Gasteiger partial charge in [0.25, 0.3) is 0 Å². The van der Waals surface area contributed by atoms with Gasteiger partial charge in [-0.2, -0.15) is 0 Å². The van der Waals surface area contributed by atoms with Crippen LogP contribution in [0.2, 0.25) is 0 Å². The van der Waals surface area contributed by atoms with Gasteiger partial charge in [-0.15, -0.1) is 11.8 Å². The molecule has 2 nitrogen and oxygen atoms in total. The third-order valence-corrected chi connectivity index (χ3v) is 5.98. The van der Waals surface area contributed by atoms with Crippen molar-refractivity contribution in [2.24, 2.45) is 0 Å². The standard InChI is InChI=1S/C25H20N2S/c1-3-9-20(10-4-1)21-15-17-23(18-16-21)27(22-11-5-2-6-12-22)26-19-28-25-14-8-7-13-24(25)26/h1-18H,19H2. The van der Waals surface area contributed by atoms with Crippen LogP contribution in [0, 0.1) is 0 Å². The minimum atomic E-state index is 0.897. The van der Waals surface area contributed by atoms with Gasteiger partial charge < -0.3 is 0 Å². The highest BCUT2D eigenvalue weighted by molar-refractivity contribution is 7.99. The monoisotopic (exact) mass is 380 g/mol. The molecule has 0 atom stereocenters. The fourth-order valence-electron chi connectivity index (χ4n) is 3.58. The van der Waals surface area contributed by atoms with E-state index in [0.29, 0.717) is 0 Å². The number of hydrazine groups is 1. The SMILES string of the molecule is c1ccc(-c2ccc(N(c3ccccc3)N3CSc4ccccc43)cc2)cc1. The zero-order chi connectivity index (χ0) is 18.8. The fourth-order valence-corrected chi connectivity index (χ4v) is 4.59. The number of thioether (sulfide) groups is 1. The van der Waals surface area contributed by atoms with Crippen molar-refractivity contribution in [3.05, 3.63) is 109 Å². The Morgan fingerprint density at radius 1 is 0.571 bits per heavy atom.